The fourth-order valence-electron chi connectivity index (χ4n) is 4.65. The highest BCUT2D eigenvalue weighted by molar-refractivity contribution is 7.07. The van der Waals surface area contributed by atoms with Gasteiger partial charge in [0, 0.05) is 29.7 Å². The number of benzene rings is 2. The second-order valence-electron chi connectivity index (χ2n) is 9.03. The number of nitro groups is 1. The summed E-state index contributed by atoms with van der Waals surface area (Å²) in [7, 11) is 1.38. The van der Waals surface area contributed by atoms with Crippen molar-refractivity contribution in [3.05, 3.63) is 106 Å². The van der Waals surface area contributed by atoms with Crippen LogP contribution in [0.3, 0.4) is 0 Å². The monoisotopic (exact) mass is 596 g/mol. The van der Waals surface area contributed by atoms with Gasteiger partial charge in [0.05, 0.1) is 39.9 Å². The van der Waals surface area contributed by atoms with Crippen molar-refractivity contribution < 1.29 is 19.2 Å². The van der Waals surface area contributed by atoms with Crippen LogP contribution in [0, 0.1) is 10.1 Å². The summed E-state index contributed by atoms with van der Waals surface area (Å²) in [5, 5.41) is 12.2. The van der Waals surface area contributed by atoms with Crippen LogP contribution in [0.1, 0.15) is 37.9 Å². The molecule has 2 aromatic carbocycles. The zero-order valence-corrected chi connectivity index (χ0v) is 24.6. The maximum atomic E-state index is 14.0. The van der Waals surface area contributed by atoms with Crippen molar-refractivity contribution in [3.63, 3.8) is 0 Å². The number of fused-ring (bicyclic) bond motifs is 1. The Kier molecular flexibility index (Phi) is 9.09. The lowest BCUT2D eigenvalue weighted by atomic mass is 9.94. The average Bonchev–Trinajstić information content (AvgIpc) is 3.26. The Labute approximate surface area is 245 Å². The number of carbonyl (C=O) groups excluding carboxylic acids is 1. The van der Waals surface area contributed by atoms with E-state index >= 15 is 0 Å². The standard InChI is InChI=1S/C29H29ClN4O6S/c1-6-13-40-26-19(14-21(34(37)38)16-22(26)39-5)15-23-27(35)33-25(18-9-11-20(30)12-10-18)24(17(4)31-29(33)41-23)28(36)32(7-2)8-3/h6,9-12,14-16,25H,1,7-8,13H2,2-5H3/b23-15-/t25-/m0/s1. The first-order valence-corrected chi connectivity index (χ1v) is 14.0. The molecule has 1 aromatic heterocycles. The van der Waals surface area contributed by atoms with Crippen LogP contribution in [0.15, 0.2) is 70.1 Å². The molecule has 1 aliphatic rings. The van der Waals surface area contributed by atoms with Gasteiger partial charge in [-0.15, -0.1) is 0 Å². The van der Waals surface area contributed by atoms with Crippen LogP contribution in [-0.2, 0) is 4.79 Å². The van der Waals surface area contributed by atoms with Gasteiger partial charge in [-0.05, 0) is 44.5 Å². The summed E-state index contributed by atoms with van der Waals surface area (Å²) in [4.78, 5) is 45.6. The van der Waals surface area contributed by atoms with Crippen molar-refractivity contribution in [2.24, 2.45) is 4.99 Å². The number of amides is 1. The van der Waals surface area contributed by atoms with Crippen LogP contribution in [0.4, 0.5) is 5.69 Å². The van der Waals surface area contributed by atoms with Gasteiger partial charge in [0.25, 0.3) is 17.2 Å². The summed E-state index contributed by atoms with van der Waals surface area (Å²) in [6.07, 6.45) is 3.05. The summed E-state index contributed by atoms with van der Waals surface area (Å²) in [5.74, 6) is 0.155. The number of carbonyl (C=O) groups is 1. The second kappa shape index (κ2) is 12.5. The Balaban J connectivity index is 2.00. The molecule has 0 fully saturated rings. The van der Waals surface area contributed by atoms with Crippen molar-refractivity contribution in [1.82, 2.24) is 9.47 Å². The van der Waals surface area contributed by atoms with E-state index in [1.54, 1.807) is 36.1 Å². The van der Waals surface area contributed by atoms with E-state index < -0.39 is 16.5 Å². The van der Waals surface area contributed by atoms with Gasteiger partial charge in [-0.3, -0.25) is 24.3 Å². The van der Waals surface area contributed by atoms with Crippen LogP contribution >= 0.6 is 22.9 Å². The molecular weight excluding hydrogens is 568 g/mol. The average molecular weight is 597 g/mol. The largest absolute Gasteiger partial charge is 0.493 e. The van der Waals surface area contributed by atoms with Crippen LogP contribution in [0.25, 0.3) is 6.08 Å². The van der Waals surface area contributed by atoms with Gasteiger partial charge in [-0.25, -0.2) is 4.99 Å². The molecule has 1 atom stereocenters. The van der Waals surface area contributed by atoms with Crippen molar-refractivity contribution in [1.29, 1.82) is 0 Å². The molecule has 0 saturated carbocycles. The number of rotatable bonds is 10. The second-order valence-corrected chi connectivity index (χ2v) is 10.5. The lowest BCUT2D eigenvalue weighted by molar-refractivity contribution is -0.385. The molecule has 0 unspecified atom stereocenters. The van der Waals surface area contributed by atoms with Crippen molar-refractivity contribution >= 4 is 40.6 Å². The first-order valence-electron chi connectivity index (χ1n) is 12.8. The van der Waals surface area contributed by atoms with Crippen molar-refractivity contribution in [2.45, 2.75) is 26.8 Å². The topological polar surface area (TPSA) is 116 Å². The van der Waals surface area contributed by atoms with E-state index in [2.05, 4.69) is 11.6 Å². The number of aromatic nitrogens is 1. The smallest absolute Gasteiger partial charge is 0.274 e. The molecule has 1 aliphatic heterocycles. The highest BCUT2D eigenvalue weighted by Gasteiger charge is 2.34. The maximum Gasteiger partial charge on any atom is 0.274 e. The van der Waals surface area contributed by atoms with Crippen LogP contribution in [-0.4, -0.2) is 47.1 Å². The number of hydrogen-bond acceptors (Lipinski definition) is 8. The SMILES string of the molecule is C=CCOc1c(/C=c2\sc3n(c2=O)[C@@H](c2ccc(Cl)cc2)C(C(=O)N(CC)CC)=C(C)N=3)cc([N+](=O)[O-])cc1OC. The summed E-state index contributed by atoms with van der Waals surface area (Å²) in [5.41, 5.74) is 1.23. The van der Waals surface area contributed by atoms with Gasteiger partial charge < -0.3 is 14.4 Å². The Morgan fingerprint density at radius 3 is 2.54 bits per heavy atom. The van der Waals surface area contributed by atoms with E-state index in [9.17, 15) is 19.7 Å². The number of non-ortho nitro benzene ring substituents is 1. The minimum Gasteiger partial charge on any atom is -0.493 e. The molecule has 0 spiro atoms. The number of nitrogens with zero attached hydrogens (tertiary/aromatic N) is 4. The minimum absolute atomic E-state index is 0.114. The number of allylic oxidation sites excluding steroid dienone is 1. The number of thiazole rings is 1. The molecule has 41 heavy (non-hydrogen) atoms. The van der Waals surface area contributed by atoms with Gasteiger partial charge in [0.2, 0.25) is 0 Å². The first-order chi connectivity index (χ1) is 19.6. The van der Waals surface area contributed by atoms with Gasteiger partial charge >= 0.3 is 0 Å². The molecule has 3 aromatic rings. The molecule has 4 rings (SSSR count). The predicted molar refractivity (Wildman–Crippen MR) is 158 cm³/mol. The third kappa shape index (κ3) is 5.82. The molecule has 0 N–H and O–H groups in total. The lowest BCUT2D eigenvalue weighted by Gasteiger charge is -2.29. The molecule has 10 nitrogen and oxygen atoms in total. The quantitative estimate of drug-likeness (QED) is 0.196. The van der Waals surface area contributed by atoms with E-state index in [0.29, 0.717) is 39.7 Å². The van der Waals surface area contributed by atoms with E-state index in [4.69, 9.17) is 21.1 Å². The molecule has 2 heterocycles. The van der Waals surface area contributed by atoms with Crippen LogP contribution in [0.2, 0.25) is 5.02 Å². The Bertz CT molecular complexity index is 1720. The summed E-state index contributed by atoms with van der Waals surface area (Å²) in [6.45, 7) is 10.3. The fraction of sp³-hybridized carbons (Fsp3) is 0.276. The Hall–Kier alpha value is -4.22. The van der Waals surface area contributed by atoms with Gasteiger partial charge in [-0.2, -0.15) is 0 Å². The highest BCUT2D eigenvalue weighted by Crippen LogP contribution is 2.36. The zero-order valence-electron chi connectivity index (χ0n) is 23.0. The van der Waals surface area contributed by atoms with Gasteiger partial charge in [0.15, 0.2) is 16.3 Å². The number of hydrogen-bond donors (Lipinski definition) is 0. The Morgan fingerprint density at radius 1 is 1.27 bits per heavy atom. The number of methoxy groups -OCH3 is 1. The molecular formula is C29H29ClN4O6S. The molecule has 0 radical (unpaired) electrons. The molecule has 214 valence electrons. The first kappa shape index (κ1) is 29.8. The molecule has 0 aliphatic carbocycles. The van der Waals surface area contributed by atoms with E-state index in [1.165, 1.54) is 36.0 Å². The maximum absolute atomic E-state index is 14.0. The molecule has 0 bridgehead atoms. The van der Waals surface area contributed by atoms with Crippen LogP contribution < -0.4 is 24.4 Å². The van der Waals surface area contributed by atoms with E-state index in [-0.39, 0.29) is 39.8 Å². The van der Waals surface area contributed by atoms with Crippen LogP contribution in [0.5, 0.6) is 11.5 Å². The molecule has 1 amide bonds. The molecule has 0 saturated heterocycles. The van der Waals surface area contributed by atoms with Crippen molar-refractivity contribution in [2.75, 3.05) is 26.8 Å². The number of ether oxygens (including phenoxy) is 2. The Morgan fingerprint density at radius 2 is 1.95 bits per heavy atom. The third-order valence-corrected chi connectivity index (χ3v) is 7.85. The summed E-state index contributed by atoms with van der Waals surface area (Å²) < 4.78 is 12.9. The highest BCUT2D eigenvalue weighted by atomic mass is 35.5. The zero-order chi connectivity index (χ0) is 29.8. The minimum atomic E-state index is -0.755. The van der Waals surface area contributed by atoms with Gasteiger partial charge in [-0.1, -0.05) is 47.7 Å². The summed E-state index contributed by atoms with van der Waals surface area (Å²) >= 11 is 7.27. The fourth-order valence-corrected chi connectivity index (χ4v) is 5.81. The predicted octanol–water partition coefficient (Wildman–Crippen LogP) is 4.24. The van der Waals surface area contributed by atoms with E-state index in [0.717, 1.165) is 11.3 Å². The third-order valence-electron chi connectivity index (χ3n) is 6.62. The molecule has 12 heteroatoms. The van der Waals surface area contributed by atoms with Crippen molar-refractivity contribution in [3.8, 4) is 11.5 Å². The van der Waals surface area contributed by atoms with E-state index in [1.807, 2.05) is 13.8 Å². The number of nitro benzene ring substituents is 1. The van der Waals surface area contributed by atoms with Gasteiger partial charge in [0.1, 0.15) is 6.61 Å². The lowest BCUT2D eigenvalue weighted by Crippen LogP contribution is -2.43. The number of halogens is 1. The summed E-state index contributed by atoms with van der Waals surface area (Å²) in [6, 6.07) is 8.80. The number of likely N-dealkylation sites (N-methyl/N-ethyl adjacent to an activating group) is 1. The normalized spacial score (nSPS) is 14.8.